The Balaban J connectivity index is 3.56. The third-order valence-corrected chi connectivity index (χ3v) is 1.56. The monoisotopic (exact) mass is 130 g/mol. The first kappa shape index (κ1) is 7.76. The van der Waals surface area contributed by atoms with Crippen molar-refractivity contribution in [3.63, 3.8) is 0 Å². The zero-order valence-electron chi connectivity index (χ0n) is 5.39. The molecule has 0 aromatic rings. The Kier molecular flexibility index (Phi) is 3.61. The van der Waals surface area contributed by atoms with Crippen molar-refractivity contribution >= 4 is 16.9 Å². The van der Waals surface area contributed by atoms with Crippen LogP contribution in [0.3, 0.4) is 0 Å². The number of thioether (sulfide) groups is 1. The lowest BCUT2D eigenvalue weighted by atomic mass is 10.6. The van der Waals surface area contributed by atoms with Crippen LogP contribution >= 0.6 is 11.8 Å². The Bertz CT molecular complexity index is 116. The molecule has 0 fully saturated rings. The van der Waals surface area contributed by atoms with Gasteiger partial charge in [0.05, 0.1) is 0 Å². The van der Waals surface area contributed by atoms with E-state index in [2.05, 4.69) is 0 Å². The predicted molar refractivity (Wildman–Crippen MR) is 37.7 cm³/mol. The molecule has 2 heteroatoms. The SMILES string of the molecule is C/C=C(/C)SC(C)=O. The van der Waals surface area contributed by atoms with Gasteiger partial charge in [0.25, 0.3) is 0 Å². The summed E-state index contributed by atoms with van der Waals surface area (Å²) >= 11 is 1.28. The zero-order chi connectivity index (χ0) is 6.57. The highest BCUT2D eigenvalue weighted by molar-refractivity contribution is 8.16. The van der Waals surface area contributed by atoms with Crippen molar-refractivity contribution in [2.45, 2.75) is 20.8 Å². The van der Waals surface area contributed by atoms with Gasteiger partial charge in [-0.3, -0.25) is 4.79 Å². The van der Waals surface area contributed by atoms with Crippen LogP contribution in [-0.4, -0.2) is 5.12 Å². The van der Waals surface area contributed by atoms with Crippen LogP contribution in [-0.2, 0) is 4.79 Å². The summed E-state index contributed by atoms with van der Waals surface area (Å²) in [6.45, 7) is 5.41. The summed E-state index contributed by atoms with van der Waals surface area (Å²) in [6, 6.07) is 0. The van der Waals surface area contributed by atoms with Crippen LogP contribution in [0.25, 0.3) is 0 Å². The number of rotatable bonds is 1. The molecular formula is C6H10OS. The van der Waals surface area contributed by atoms with Crippen LogP contribution in [0.5, 0.6) is 0 Å². The van der Waals surface area contributed by atoms with Crippen LogP contribution in [0.4, 0.5) is 0 Å². The first-order valence-corrected chi connectivity index (χ1v) is 3.29. The zero-order valence-corrected chi connectivity index (χ0v) is 6.21. The molecule has 0 aliphatic heterocycles. The van der Waals surface area contributed by atoms with E-state index in [1.54, 1.807) is 6.92 Å². The lowest BCUT2D eigenvalue weighted by Crippen LogP contribution is -1.78. The fraction of sp³-hybridized carbons (Fsp3) is 0.500. The maximum absolute atomic E-state index is 10.3. The second-order valence-electron chi connectivity index (χ2n) is 1.49. The normalized spacial score (nSPS) is 11.6. The van der Waals surface area contributed by atoms with Gasteiger partial charge >= 0.3 is 0 Å². The minimum absolute atomic E-state index is 0.153. The number of allylic oxidation sites excluding steroid dienone is 2. The molecule has 0 spiro atoms. The van der Waals surface area contributed by atoms with Crippen molar-refractivity contribution in [1.29, 1.82) is 0 Å². The first-order valence-electron chi connectivity index (χ1n) is 2.48. The Labute approximate surface area is 54.2 Å². The quantitative estimate of drug-likeness (QED) is 0.541. The van der Waals surface area contributed by atoms with Crippen molar-refractivity contribution < 1.29 is 4.79 Å². The molecule has 0 heterocycles. The van der Waals surface area contributed by atoms with Crippen LogP contribution in [0, 0.1) is 0 Å². The first-order chi connectivity index (χ1) is 3.66. The molecule has 0 atom stereocenters. The lowest BCUT2D eigenvalue weighted by Gasteiger charge is -1.90. The summed E-state index contributed by atoms with van der Waals surface area (Å²) < 4.78 is 0. The van der Waals surface area contributed by atoms with E-state index in [4.69, 9.17) is 0 Å². The summed E-state index contributed by atoms with van der Waals surface area (Å²) in [5, 5.41) is 0.153. The van der Waals surface area contributed by atoms with Gasteiger partial charge in [-0.1, -0.05) is 17.8 Å². The molecule has 0 saturated carbocycles. The average molecular weight is 130 g/mol. The topological polar surface area (TPSA) is 17.1 Å². The largest absolute Gasteiger partial charge is 0.287 e. The minimum Gasteiger partial charge on any atom is -0.287 e. The van der Waals surface area contributed by atoms with Crippen molar-refractivity contribution in [2.24, 2.45) is 0 Å². The summed E-state index contributed by atoms with van der Waals surface area (Å²) in [7, 11) is 0. The van der Waals surface area contributed by atoms with Crippen LogP contribution in [0.1, 0.15) is 20.8 Å². The second-order valence-corrected chi connectivity index (χ2v) is 2.92. The molecule has 0 bridgehead atoms. The van der Waals surface area contributed by atoms with Crippen molar-refractivity contribution in [2.75, 3.05) is 0 Å². The predicted octanol–water partition coefficient (Wildman–Crippen LogP) is 2.19. The summed E-state index contributed by atoms with van der Waals surface area (Å²) in [5.74, 6) is 0. The van der Waals surface area contributed by atoms with Crippen LogP contribution in [0.15, 0.2) is 11.0 Å². The molecule has 0 N–H and O–H groups in total. The summed E-state index contributed by atoms with van der Waals surface area (Å²) in [4.78, 5) is 11.4. The number of carbonyl (C=O) groups excluding carboxylic acids is 1. The van der Waals surface area contributed by atoms with Crippen molar-refractivity contribution in [1.82, 2.24) is 0 Å². The van der Waals surface area contributed by atoms with Gasteiger partial charge in [-0.05, 0) is 18.8 Å². The highest BCUT2D eigenvalue weighted by Gasteiger charge is 1.91. The molecule has 0 radical (unpaired) electrons. The molecule has 0 aromatic carbocycles. The Morgan fingerprint density at radius 1 is 1.50 bits per heavy atom. The van der Waals surface area contributed by atoms with E-state index in [9.17, 15) is 4.79 Å². The summed E-state index contributed by atoms with van der Waals surface area (Å²) in [5.41, 5.74) is 0. The molecule has 0 aliphatic carbocycles. The van der Waals surface area contributed by atoms with E-state index in [0.29, 0.717) is 0 Å². The smallest absolute Gasteiger partial charge is 0.190 e. The molecule has 0 aromatic heterocycles. The van der Waals surface area contributed by atoms with Gasteiger partial charge in [0.1, 0.15) is 0 Å². The maximum Gasteiger partial charge on any atom is 0.190 e. The molecule has 0 amide bonds. The molecule has 0 saturated heterocycles. The second kappa shape index (κ2) is 3.72. The lowest BCUT2D eigenvalue weighted by molar-refractivity contribution is -0.109. The molecule has 0 unspecified atom stereocenters. The third-order valence-electron chi connectivity index (χ3n) is 0.711. The summed E-state index contributed by atoms with van der Waals surface area (Å²) in [6.07, 6.45) is 1.92. The average Bonchev–Trinajstić information content (AvgIpc) is 1.65. The van der Waals surface area contributed by atoms with Gasteiger partial charge in [0.2, 0.25) is 0 Å². The highest BCUT2D eigenvalue weighted by Crippen LogP contribution is 2.13. The van der Waals surface area contributed by atoms with Crippen LogP contribution < -0.4 is 0 Å². The van der Waals surface area contributed by atoms with Crippen molar-refractivity contribution in [3.8, 4) is 0 Å². The number of hydrogen-bond donors (Lipinski definition) is 0. The minimum atomic E-state index is 0.153. The van der Waals surface area contributed by atoms with E-state index >= 15 is 0 Å². The van der Waals surface area contributed by atoms with Gasteiger partial charge in [0, 0.05) is 6.92 Å². The maximum atomic E-state index is 10.3. The Morgan fingerprint density at radius 2 is 2.00 bits per heavy atom. The number of carbonyl (C=O) groups is 1. The van der Waals surface area contributed by atoms with Gasteiger partial charge in [-0.15, -0.1) is 0 Å². The Hall–Kier alpha value is -0.240. The fourth-order valence-electron chi connectivity index (χ4n) is 0.286. The van der Waals surface area contributed by atoms with Gasteiger partial charge in [-0.2, -0.15) is 0 Å². The molecule has 0 rings (SSSR count). The van der Waals surface area contributed by atoms with E-state index in [-0.39, 0.29) is 5.12 Å². The van der Waals surface area contributed by atoms with E-state index < -0.39 is 0 Å². The molecule has 46 valence electrons. The Morgan fingerprint density at radius 3 is 2.12 bits per heavy atom. The standard InChI is InChI=1S/C6H10OS/c1-4-5(2)8-6(3)7/h4H,1-3H3/b5-4-. The molecule has 0 aliphatic rings. The van der Waals surface area contributed by atoms with E-state index in [1.807, 2.05) is 19.9 Å². The third kappa shape index (κ3) is 3.93. The van der Waals surface area contributed by atoms with Gasteiger partial charge < -0.3 is 0 Å². The van der Waals surface area contributed by atoms with Crippen molar-refractivity contribution in [3.05, 3.63) is 11.0 Å². The molecule has 1 nitrogen and oxygen atoms in total. The fourth-order valence-corrected chi connectivity index (χ4v) is 0.857. The van der Waals surface area contributed by atoms with E-state index in [1.165, 1.54) is 11.8 Å². The highest BCUT2D eigenvalue weighted by atomic mass is 32.2. The van der Waals surface area contributed by atoms with Gasteiger partial charge in [-0.25, -0.2) is 0 Å². The van der Waals surface area contributed by atoms with Crippen LogP contribution in [0.2, 0.25) is 0 Å². The van der Waals surface area contributed by atoms with Gasteiger partial charge in [0.15, 0.2) is 5.12 Å². The number of hydrogen-bond acceptors (Lipinski definition) is 2. The molecular weight excluding hydrogens is 120 g/mol. The van der Waals surface area contributed by atoms with E-state index in [0.717, 1.165) is 4.91 Å². The molecule has 8 heavy (non-hydrogen) atoms.